The Labute approximate surface area is 81.5 Å². The molecule has 1 saturated carbocycles. The van der Waals surface area contributed by atoms with Crippen LogP contribution in [-0.4, -0.2) is 16.7 Å². The van der Waals surface area contributed by atoms with E-state index in [4.69, 9.17) is 5.73 Å². The van der Waals surface area contributed by atoms with Crippen molar-refractivity contribution in [3.63, 3.8) is 0 Å². The van der Waals surface area contributed by atoms with E-state index in [1.807, 2.05) is 6.92 Å². The first-order valence-electron chi connectivity index (χ1n) is 5.43. The molecule has 1 atom stereocenters. The van der Waals surface area contributed by atoms with Crippen molar-refractivity contribution in [2.24, 2.45) is 17.6 Å². The molecule has 2 nitrogen and oxygen atoms in total. The van der Waals surface area contributed by atoms with E-state index in [2.05, 4.69) is 13.8 Å². The standard InChI is InChI=1S/C11H23NO/c1-8(2)10-4-6-11(13,7-5-10)9(3)12/h8-10,13H,4-7,12H2,1-3H3. The maximum Gasteiger partial charge on any atom is 0.0795 e. The Morgan fingerprint density at radius 2 is 1.69 bits per heavy atom. The van der Waals surface area contributed by atoms with E-state index in [0.29, 0.717) is 0 Å². The Hall–Kier alpha value is -0.0800. The summed E-state index contributed by atoms with van der Waals surface area (Å²) in [6.07, 6.45) is 4.03. The van der Waals surface area contributed by atoms with Crippen LogP contribution in [0.15, 0.2) is 0 Å². The average Bonchev–Trinajstić information content (AvgIpc) is 2.04. The summed E-state index contributed by atoms with van der Waals surface area (Å²) in [5.74, 6) is 1.54. The Bertz CT molecular complexity index is 157. The van der Waals surface area contributed by atoms with Gasteiger partial charge in [0.2, 0.25) is 0 Å². The summed E-state index contributed by atoms with van der Waals surface area (Å²) in [7, 11) is 0. The molecule has 3 N–H and O–H groups in total. The van der Waals surface area contributed by atoms with Crippen molar-refractivity contribution in [3.8, 4) is 0 Å². The summed E-state index contributed by atoms with van der Waals surface area (Å²) >= 11 is 0. The molecule has 0 aromatic rings. The zero-order chi connectivity index (χ0) is 10.1. The Morgan fingerprint density at radius 3 is 2.00 bits per heavy atom. The fraction of sp³-hybridized carbons (Fsp3) is 1.00. The third kappa shape index (κ3) is 2.44. The van der Waals surface area contributed by atoms with Gasteiger partial charge >= 0.3 is 0 Å². The minimum absolute atomic E-state index is 0.0828. The smallest absolute Gasteiger partial charge is 0.0795 e. The van der Waals surface area contributed by atoms with Crippen LogP contribution in [0, 0.1) is 11.8 Å². The van der Waals surface area contributed by atoms with Gasteiger partial charge in [-0.05, 0) is 44.4 Å². The van der Waals surface area contributed by atoms with Crippen molar-refractivity contribution in [3.05, 3.63) is 0 Å². The first-order valence-corrected chi connectivity index (χ1v) is 5.43. The molecule has 78 valence electrons. The fourth-order valence-corrected chi connectivity index (χ4v) is 2.26. The van der Waals surface area contributed by atoms with E-state index >= 15 is 0 Å². The number of rotatable bonds is 2. The van der Waals surface area contributed by atoms with Crippen LogP contribution in [0.5, 0.6) is 0 Å². The average molecular weight is 185 g/mol. The molecule has 0 amide bonds. The molecule has 0 aliphatic heterocycles. The first-order chi connectivity index (χ1) is 5.96. The molecule has 1 fully saturated rings. The first kappa shape index (κ1) is 11.0. The second kappa shape index (κ2) is 3.97. The van der Waals surface area contributed by atoms with Gasteiger partial charge in [-0.2, -0.15) is 0 Å². The van der Waals surface area contributed by atoms with Crippen molar-refractivity contribution < 1.29 is 5.11 Å². The third-order valence-corrected chi connectivity index (χ3v) is 3.69. The van der Waals surface area contributed by atoms with Gasteiger partial charge in [-0.25, -0.2) is 0 Å². The minimum atomic E-state index is -0.578. The summed E-state index contributed by atoms with van der Waals surface area (Å²) in [5, 5.41) is 10.1. The van der Waals surface area contributed by atoms with Gasteiger partial charge in [0.1, 0.15) is 0 Å². The lowest BCUT2D eigenvalue weighted by Gasteiger charge is -2.40. The van der Waals surface area contributed by atoms with Crippen LogP contribution >= 0.6 is 0 Å². The highest BCUT2D eigenvalue weighted by Crippen LogP contribution is 2.36. The van der Waals surface area contributed by atoms with E-state index in [-0.39, 0.29) is 6.04 Å². The molecule has 0 spiro atoms. The van der Waals surface area contributed by atoms with Gasteiger partial charge in [-0.15, -0.1) is 0 Å². The van der Waals surface area contributed by atoms with Crippen molar-refractivity contribution in [2.75, 3.05) is 0 Å². The molecule has 2 heteroatoms. The van der Waals surface area contributed by atoms with Gasteiger partial charge in [0.25, 0.3) is 0 Å². The lowest BCUT2D eigenvalue weighted by Crippen LogP contribution is -2.48. The molecular formula is C11H23NO. The number of hydrogen-bond donors (Lipinski definition) is 2. The van der Waals surface area contributed by atoms with Gasteiger partial charge in [0.15, 0.2) is 0 Å². The molecule has 1 aliphatic rings. The zero-order valence-corrected chi connectivity index (χ0v) is 9.09. The van der Waals surface area contributed by atoms with E-state index < -0.39 is 5.60 Å². The Balaban J connectivity index is 2.47. The predicted octanol–water partition coefficient (Wildman–Crippen LogP) is 1.91. The lowest BCUT2D eigenvalue weighted by molar-refractivity contribution is -0.0315. The molecule has 0 heterocycles. The zero-order valence-electron chi connectivity index (χ0n) is 9.09. The van der Waals surface area contributed by atoms with Gasteiger partial charge in [-0.1, -0.05) is 13.8 Å². The highest BCUT2D eigenvalue weighted by atomic mass is 16.3. The fourth-order valence-electron chi connectivity index (χ4n) is 2.26. The Kier molecular flexibility index (Phi) is 3.36. The van der Waals surface area contributed by atoms with Crippen LogP contribution in [-0.2, 0) is 0 Å². The van der Waals surface area contributed by atoms with Crippen LogP contribution in [0.3, 0.4) is 0 Å². The highest BCUT2D eigenvalue weighted by Gasteiger charge is 2.36. The van der Waals surface area contributed by atoms with Gasteiger partial charge in [0, 0.05) is 6.04 Å². The summed E-state index contributed by atoms with van der Waals surface area (Å²) in [5.41, 5.74) is 5.19. The van der Waals surface area contributed by atoms with E-state index in [1.54, 1.807) is 0 Å². The molecule has 0 aromatic heterocycles. The highest BCUT2D eigenvalue weighted by molar-refractivity contribution is 4.91. The van der Waals surface area contributed by atoms with Crippen LogP contribution < -0.4 is 5.73 Å². The molecule has 0 bridgehead atoms. The lowest BCUT2D eigenvalue weighted by atomic mass is 9.72. The molecular weight excluding hydrogens is 162 g/mol. The third-order valence-electron chi connectivity index (χ3n) is 3.69. The Morgan fingerprint density at radius 1 is 1.23 bits per heavy atom. The summed E-state index contributed by atoms with van der Waals surface area (Å²) < 4.78 is 0. The SMILES string of the molecule is CC(C)C1CCC(O)(C(C)N)CC1. The largest absolute Gasteiger partial charge is 0.388 e. The van der Waals surface area contributed by atoms with Crippen LogP contribution in [0.2, 0.25) is 0 Å². The molecule has 13 heavy (non-hydrogen) atoms. The van der Waals surface area contributed by atoms with Gasteiger partial charge < -0.3 is 10.8 Å². The number of nitrogens with two attached hydrogens (primary N) is 1. The second-order valence-corrected chi connectivity index (χ2v) is 4.97. The van der Waals surface area contributed by atoms with Crippen LogP contribution in [0.4, 0.5) is 0 Å². The summed E-state index contributed by atoms with van der Waals surface area (Å²) in [4.78, 5) is 0. The van der Waals surface area contributed by atoms with E-state index in [0.717, 1.165) is 37.5 Å². The molecule has 0 saturated heterocycles. The van der Waals surface area contributed by atoms with Crippen LogP contribution in [0.1, 0.15) is 46.5 Å². The second-order valence-electron chi connectivity index (χ2n) is 4.97. The van der Waals surface area contributed by atoms with Crippen LogP contribution in [0.25, 0.3) is 0 Å². The molecule has 0 radical (unpaired) electrons. The normalized spacial score (nSPS) is 37.8. The topological polar surface area (TPSA) is 46.2 Å². The quantitative estimate of drug-likeness (QED) is 0.690. The monoisotopic (exact) mass is 185 g/mol. The van der Waals surface area contributed by atoms with Crippen molar-refractivity contribution >= 4 is 0 Å². The van der Waals surface area contributed by atoms with Crippen molar-refractivity contribution in [2.45, 2.75) is 58.1 Å². The van der Waals surface area contributed by atoms with E-state index in [9.17, 15) is 5.11 Å². The predicted molar refractivity (Wildman–Crippen MR) is 55.4 cm³/mol. The maximum atomic E-state index is 10.1. The minimum Gasteiger partial charge on any atom is -0.388 e. The molecule has 1 unspecified atom stereocenters. The summed E-state index contributed by atoms with van der Waals surface area (Å²) in [6.45, 7) is 6.44. The maximum absolute atomic E-state index is 10.1. The molecule has 1 rings (SSSR count). The van der Waals surface area contributed by atoms with Gasteiger partial charge in [-0.3, -0.25) is 0 Å². The summed E-state index contributed by atoms with van der Waals surface area (Å²) in [6, 6.07) is -0.0828. The van der Waals surface area contributed by atoms with Crippen molar-refractivity contribution in [1.82, 2.24) is 0 Å². The van der Waals surface area contributed by atoms with E-state index in [1.165, 1.54) is 0 Å². The molecule has 1 aliphatic carbocycles. The van der Waals surface area contributed by atoms with Gasteiger partial charge in [0.05, 0.1) is 5.60 Å². The molecule has 0 aromatic carbocycles. The van der Waals surface area contributed by atoms with Crippen molar-refractivity contribution in [1.29, 1.82) is 0 Å². The number of hydrogen-bond acceptors (Lipinski definition) is 2. The number of aliphatic hydroxyl groups is 1.